The maximum absolute atomic E-state index is 11.9. The van der Waals surface area contributed by atoms with Gasteiger partial charge in [0, 0.05) is 41.0 Å². The first-order chi connectivity index (χ1) is 16.7. The van der Waals surface area contributed by atoms with Crippen LogP contribution in [0.15, 0.2) is 81.6 Å². The van der Waals surface area contributed by atoms with E-state index in [2.05, 4.69) is 38.6 Å². The van der Waals surface area contributed by atoms with Crippen molar-refractivity contribution in [2.75, 3.05) is 0 Å². The number of pyridine rings is 1. The molecule has 4 N–H and O–H groups in total. The van der Waals surface area contributed by atoms with E-state index in [9.17, 15) is 4.79 Å². The van der Waals surface area contributed by atoms with Crippen LogP contribution in [0.3, 0.4) is 0 Å². The maximum atomic E-state index is 11.9. The third-order valence-electron chi connectivity index (χ3n) is 4.97. The van der Waals surface area contributed by atoms with Crippen molar-refractivity contribution < 1.29 is 42.4 Å². The van der Waals surface area contributed by atoms with Gasteiger partial charge in [0.05, 0.1) is 0 Å². The van der Waals surface area contributed by atoms with Crippen LogP contribution >= 0.6 is 0 Å². The van der Waals surface area contributed by atoms with E-state index in [0.29, 0.717) is 34.5 Å². The number of fused-ring (bicyclic) bond motifs is 2. The van der Waals surface area contributed by atoms with Crippen LogP contribution in [0.5, 0.6) is 0 Å². The van der Waals surface area contributed by atoms with Crippen LogP contribution in [0.1, 0.15) is 41.0 Å². The van der Waals surface area contributed by atoms with Gasteiger partial charge < -0.3 is 26.9 Å². The Bertz CT molecular complexity index is 882. The molecule has 0 saturated heterocycles. The van der Waals surface area contributed by atoms with Gasteiger partial charge in [-0.15, -0.1) is 0 Å². The Morgan fingerprint density at radius 3 is 1.64 bits per heavy atom. The smallest absolute Gasteiger partial charge is 0.144 e. The predicted molar refractivity (Wildman–Crippen MR) is 136 cm³/mol. The number of oxime groups is 4. The average molecular weight is 544 g/mol. The Labute approximate surface area is 222 Å². The molecule has 0 aliphatic heterocycles. The summed E-state index contributed by atoms with van der Waals surface area (Å²) in [6, 6.07) is 5.72. The molecular formula is C25H34CoN5O5-. The normalized spacial score (nSPS) is 21.1. The van der Waals surface area contributed by atoms with Gasteiger partial charge in [0.1, 0.15) is 28.6 Å². The fourth-order valence-corrected chi connectivity index (χ4v) is 2.51. The molecule has 1 aromatic rings. The Morgan fingerprint density at radius 1 is 0.833 bits per heavy atom. The van der Waals surface area contributed by atoms with Crippen molar-refractivity contribution in [1.29, 1.82) is 0 Å². The second-order valence-corrected chi connectivity index (χ2v) is 7.50. The maximum Gasteiger partial charge on any atom is 0.144 e. The number of rotatable bonds is 2. The molecule has 2 bridgehead atoms. The van der Waals surface area contributed by atoms with Crippen LogP contribution in [-0.2, 0) is 21.6 Å². The topological polar surface area (TPSA) is 160 Å². The summed E-state index contributed by atoms with van der Waals surface area (Å²) in [4.78, 5) is 15.7. The summed E-state index contributed by atoms with van der Waals surface area (Å²) in [6.45, 7) is 8.22. The number of carbonyl (C=O) groups excluding carboxylic acids is 1. The van der Waals surface area contributed by atoms with Gasteiger partial charge in [0.2, 0.25) is 0 Å². The molecule has 11 heteroatoms. The molecule has 0 aromatic carbocycles. The third-order valence-corrected chi connectivity index (χ3v) is 4.97. The van der Waals surface area contributed by atoms with Crippen LogP contribution < -0.4 is 0 Å². The van der Waals surface area contributed by atoms with Gasteiger partial charge in [0.15, 0.2) is 0 Å². The molecule has 199 valence electrons. The fraction of sp³-hybridized carbons (Fsp3) is 0.360. The van der Waals surface area contributed by atoms with Gasteiger partial charge in [-0.05, 0) is 45.7 Å². The molecule has 1 aromatic heterocycles. The van der Waals surface area contributed by atoms with E-state index in [0.717, 1.165) is 6.42 Å². The fourth-order valence-electron chi connectivity index (χ4n) is 2.51. The zero-order chi connectivity index (χ0) is 26.6. The molecule has 0 amide bonds. The number of allylic oxidation sites excluding steroid dienone is 6. The van der Waals surface area contributed by atoms with E-state index in [1.807, 2.05) is 48.6 Å². The number of hydrogen-bond donors (Lipinski definition) is 4. The van der Waals surface area contributed by atoms with Crippen molar-refractivity contribution in [2.45, 2.75) is 41.0 Å². The van der Waals surface area contributed by atoms with E-state index in [-0.39, 0.29) is 28.6 Å². The van der Waals surface area contributed by atoms with Gasteiger partial charge in [0.25, 0.3) is 0 Å². The molecule has 0 fully saturated rings. The quantitative estimate of drug-likeness (QED) is 0.182. The van der Waals surface area contributed by atoms with Gasteiger partial charge in [-0.3, -0.25) is 15.9 Å². The molecule has 36 heavy (non-hydrogen) atoms. The molecule has 0 saturated carbocycles. The number of nitrogens with zero attached hydrogens (tertiary/aromatic N) is 5. The standard InChI is InChI=1S/C12H13O.C5H5N.2C4H8N2O2.Co/c1-9-5-4-7-10-6-2-3-8-11(9)12(10)13;1-2-4-6-5-3-1;2*1-3(5-7)4(2)6-8;/h2-3,5-6,8-11H,7H2,1H3;1-5H;2*7-8H,1-2H3;/q-1;;;;/b;;5-3+,6-4+;5-3-,6-4+;. The summed E-state index contributed by atoms with van der Waals surface area (Å²) in [5.74, 6) is 0.767. The minimum absolute atomic E-state index is 0. The van der Waals surface area contributed by atoms with Crippen molar-refractivity contribution in [1.82, 2.24) is 4.98 Å². The van der Waals surface area contributed by atoms with Gasteiger partial charge in [-0.2, -0.15) is 6.42 Å². The second-order valence-electron chi connectivity index (χ2n) is 7.50. The minimum atomic E-state index is 0. The third kappa shape index (κ3) is 14.0. The van der Waals surface area contributed by atoms with Crippen LogP contribution in [0.25, 0.3) is 0 Å². The summed E-state index contributed by atoms with van der Waals surface area (Å²) >= 11 is 0. The summed E-state index contributed by atoms with van der Waals surface area (Å²) in [5, 5.41) is 43.3. The molecule has 3 unspecified atom stereocenters. The zero-order valence-corrected chi connectivity index (χ0v) is 22.0. The minimum Gasteiger partial charge on any atom is -0.499 e. The molecular weight excluding hydrogens is 509 g/mol. The number of hydrogen-bond acceptors (Lipinski definition) is 10. The summed E-state index contributed by atoms with van der Waals surface area (Å²) in [6.07, 6.45) is 17.4. The van der Waals surface area contributed by atoms with Gasteiger partial charge in [-0.25, -0.2) is 0 Å². The summed E-state index contributed by atoms with van der Waals surface area (Å²) < 4.78 is 0. The van der Waals surface area contributed by atoms with E-state index < -0.39 is 0 Å². The predicted octanol–water partition coefficient (Wildman–Crippen LogP) is 4.77. The van der Waals surface area contributed by atoms with Crippen LogP contribution in [0.2, 0.25) is 0 Å². The molecule has 10 nitrogen and oxygen atoms in total. The summed E-state index contributed by atoms with van der Waals surface area (Å²) in [5.41, 5.74) is 1.25. The number of ketones is 1. The molecule has 1 radical (unpaired) electrons. The zero-order valence-electron chi connectivity index (χ0n) is 21.0. The first-order valence-electron chi connectivity index (χ1n) is 10.8. The van der Waals surface area contributed by atoms with Crippen molar-refractivity contribution in [2.24, 2.45) is 38.4 Å². The first-order valence-corrected chi connectivity index (χ1v) is 10.8. The molecule has 2 aliphatic carbocycles. The SMILES string of the molecule is CC(=N/O)/C(C)=N/O.CC(=N\O)/C(C)=N/O.CC1C=[C-]CC2C=CC=CC1C2=O.[Co].c1ccncc1. The Balaban J connectivity index is 0. The second kappa shape index (κ2) is 20.8. The van der Waals surface area contributed by atoms with Crippen molar-refractivity contribution in [3.05, 3.63) is 67.0 Å². The Kier molecular flexibility index (Phi) is 20.0. The molecule has 3 atom stereocenters. The summed E-state index contributed by atoms with van der Waals surface area (Å²) in [7, 11) is 0. The van der Waals surface area contributed by atoms with Gasteiger partial charge >= 0.3 is 0 Å². The van der Waals surface area contributed by atoms with Crippen LogP contribution in [-0.4, -0.2) is 54.4 Å². The van der Waals surface area contributed by atoms with Crippen molar-refractivity contribution >= 4 is 28.6 Å². The molecule has 0 spiro atoms. The Morgan fingerprint density at radius 2 is 1.28 bits per heavy atom. The van der Waals surface area contributed by atoms with Crippen molar-refractivity contribution in [3.8, 4) is 0 Å². The van der Waals surface area contributed by atoms with E-state index >= 15 is 0 Å². The van der Waals surface area contributed by atoms with Crippen molar-refractivity contribution in [3.63, 3.8) is 0 Å². The average Bonchev–Trinajstić information content (AvgIpc) is 3.17. The number of carbonyl (C=O) groups is 1. The molecule has 2 aliphatic rings. The molecule has 3 rings (SSSR count). The van der Waals surface area contributed by atoms with Crippen LogP contribution in [0.4, 0.5) is 0 Å². The molecule has 1 heterocycles. The van der Waals surface area contributed by atoms with E-state index in [1.165, 1.54) is 27.7 Å². The van der Waals surface area contributed by atoms with E-state index in [4.69, 9.17) is 20.8 Å². The van der Waals surface area contributed by atoms with Crippen LogP contribution in [0, 0.1) is 23.8 Å². The first kappa shape index (κ1) is 34.6. The van der Waals surface area contributed by atoms with E-state index in [1.54, 1.807) is 12.4 Å². The van der Waals surface area contributed by atoms with Gasteiger partial charge in [-0.1, -0.05) is 57.9 Å². The number of Topliss-reactive ketones (excluding diaryl/α,β-unsaturated/α-hetero) is 1. The Hall–Kier alpha value is -3.57. The monoisotopic (exact) mass is 543 g/mol. The number of aromatic nitrogens is 1. The largest absolute Gasteiger partial charge is 0.499 e.